The number of nitrogens with zero attached hydrogens (tertiary/aromatic N) is 6. The zero-order chi connectivity index (χ0) is 18.4. The molecule has 0 spiro atoms. The van der Waals surface area contributed by atoms with Gasteiger partial charge < -0.3 is 9.80 Å². The van der Waals surface area contributed by atoms with Gasteiger partial charge in [0.25, 0.3) is 5.91 Å². The molecule has 7 nitrogen and oxygen atoms in total. The second kappa shape index (κ2) is 6.35. The van der Waals surface area contributed by atoms with Gasteiger partial charge in [-0.15, -0.1) is 5.10 Å². The summed E-state index contributed by atoms with van der Waals surface area (Å²) in [6, 6.07) is 13.7. The van der Waals surface area contributed by atoms with Gasteiger partial charge in [0.05, 0.1) is 22.6 Å². The van der Waals surface area contributed by atoms with Gasteiger partial charge in [-0.1, -0.05) is 23.7 Å². The fourth-order valence-corrected chi connectivity index (χ4v) is 3.82. The molecule has 1 fully saturated rings. The standard InChI is InChI=1S/C19H17ClN6O/c20-13-5-8-17-18(11-13)25(10-9-24(17)14-6-7-14)19(27)15-3-1-2-4-16(15)26-12-21-22-23-26/h1-5,8,11-12,14H,6-7,9-10H2. The summed E-state index contributed by atoms with van der Waals surface area (Å²) >= 11 is 6.26. The van der Waals surface area contributed by atoms with Crippen molar-refractivity contribution in [2.45, 2.75) is 18.9 Å². The molecule has 0 bridgehead atoms. The van der Waals surface area contributed by atoms with Gasteiger partial charge in [0, 0.05) is 24.2 Å². The van der Waals surface area contributed by atoms with Crippen LogP contribution < -0.4 is 9.80 Å². The Kier molecular flexibility index (Phi) is 3.82. The Hall–Kier alpha value is -2.93. The first kappa shape index (κ1) is 16.3. The minimum absolute atomic E-state index is 0.0833. The zero-order valence-corrected chi connectivity index (χ0v) is 15.3. The number of carbonyl (C=O) groups is 1. The Bertz CT molecular complexity index is 1000. The monoisotopic (exact) mass is 380 g/mol. The number of hydrogen-bond donors (Lipinski definition) is 0. The first-order chi connectivity index (χ1) is 13.2. The Morgan fingerprint density at radius 3 is 2.67 bits per heavy atom. The van der Waals surface area contributed by atoms with E-state index >= 15 is 0 Å². The van der Waals surface area contributed by atoms with E-state index in [1.807, 2.05) is 41.3 Å². The maximum atomic E-state index is 13.5. The van der Waals surface area contributed by atoms with Gasteiger partial charge in [0.2, 0.25) is 0 Å². The predicted molar refractivity (Wildman–Crippen MR) is 103 cm³/mol. The van der Waals surface area contributed by atoms with Crippen LogP contribution in [0, 0.1) is 0 Å². The van der Waals surface area contributed by atoms with Gasteiger partial charge in [0.15, 0.2) is 0 Å². The lowest BCUT2D eigenvalue weighted by atomic mass is 10.1. The molecule has 2 aromatic carbocycles. The molecule has 1 aromatic heterocycles. The summed E-state index contributed by atoms with van der Waals surface area (Å²) in [7, 11) is 0. The van der Waals surface area contributed by atoms with Crippen molar-refractivity contribution in [2.75, 3.05) is 22.9 Å². The zero-order valence-electron chi connectivity index (χ0n) is 14.5. The average molecular weight is 381 g/mol. The van der Waals surface area contributed by atoms with Gasteiger partial charge in [0.1, 0.15) is 6.33 Å². The number of tetrazole rings is 1. The van der Waals surface area contributed by atoms with E-state index in [0.717, 1.165) is 17.9 Å². The second-order valence-electron chi connectivity index (χ2n) is 6.79. The molecule has 1 saturated carbocycles. The number of hydrogen-bond acceptors (Lipinski definition) is 5. The highest BCUT2D eigenvalue weighted by molar-refractivity contribution is 6.31. The molecule has 136 valence electrons. The molecular formula is C19H17ClN6O. The van der Waals surface area contributed by atoms with Crippen LogP contribution in [0.3, 0.4) is 0 Å². The third kappa shape index (κ3) is 2.84. The van der Waals surface area contributed by atoms with Crippen molar-refractivity contribution in [1.29, 1.82) is 0 Å². The molecule has 1 aliphatic heterocycles. The van der Waals surface area contributed by atoms with Gasteiger partial charge in [-0.3, -0.25) is 4.79 Å². The van der Waals surface area contributed by atoms with Crippen LogP contribution in [0.25, 0.3) is 5.69 Å². The molecule has 2 aliphatic rings. The molecule has 0 saturated heterocycles. The van der Waals surface area contributed by atoms with E-state index in [4.69, 9.17) is 11.6 Å². The molecule has 0 radical (unpaired) electrons. The Labute approximate surface area is 161 Å². The van der Waals surface area contributed by atoms with Gasteiger partial charge in [-0.2, -0.15) is 4.68 Å². The highest BCUT2D eigenvalue weighted by Crippen LogP contribution is 2.41. The number of aromatic nitrogens is 4. The van der Waals surface area contributed by atoms with E-state index in [-0.39, 0.29) is 5.91 Å². The van der Waals surface area contributed by atoms with Gasteiger partial charge in [-0.05, 0) is 53.6 Å². The van der Waals surface area contributed by atoms with E-state index in [9.17, 15) is 4.79 Å². The normalized spacial score (nSPS) is 16.3. The van der Waals surface area contributed by atoms with Crippen LogP contribution in [0.2, 0.25) is 5.02 Å². The van der Waals surface area contributed by atoms with E-state index in [0.29, 0.717) is 28.9 Å². The van der Waals surface area contributed by atoms with Crippen LogP contribution in [0.1, 0.15) is 23.2 Å². The summed E-state index contributed by atoms with van der Waals surface area (Å²) in [6.07, 6.45) is 3.90. The lowest BCUT2D eigenvalue weighted by Gasteiger charge is -2.38. The lowest BCUT2D eigenvalue weighted by Crippen LogP contribution is -2.45. The maximum absolute atomic E-state index is 13.5. The van der Waals surface area contributed by atoms with Crippen molar-refractivity contribution in [1.82, 2.24) is 20.2 Å². The van der Waals surface area contributed by atoms with Crippen LogP contribution in [-0.2, 0) is 0 Å². The third-order valence-corrected chi connectivity index (χ3v) is 5.30. The van der Waals surface area contributed by atoms with Crippen LogP contribution >= 0.6 is 11.6 Å². The molecule has 0 atom stereocenters. The van der Waals surface area contributed by atoms with Crippen molar-refractivity contribution >= 4 is 28.9 Å². The topological polar surface area (TPSA) is 67.2 Å². The van der Waals surface area contributed by atoms with Crippen molar-refractivity contribution in [2.24, 2.45) is 0 Å². The minimum atomic E-state index is -0.0833. The van der Waals surface area contributed by atoms with Crippen molar-refractivity contribution in [3.63, 3.8) is 0 Å². The molecule has 1 amide bonds. The van der Waals surface area contributed by atoms with E-state index in [2.05, 4.69) is 20.4 Å². The van der Waals surface area contributed by atoms with Crippen LogP contribution in [0.15, 0.2) is 48.8 Å². The fourth-order valence-electron chi connectivity index (χ4n) is 3.65. The largest absolute Gasteiger partial charge is 0.365 e. The smallest absolute Gasteiger partial charge is 0.260 e. The van der Waals surface area contributed by atoms with Crippen molar-refractivity contribution in [3.05, 3.63) is 59.4 Å². The molecule has 3 aromatic rings. The Morgan fingerprint density at radius 1 is 1.04 bits per heavy atom. The van der Waals surface area contributed by atoms with E-state index in [1.54, 1.807) is 6.07 Å². The minimum Gasteiger partial charge on any atom is -0.365 e. The highest BCUT2D eigenvalue weighted by Gasteiger charge is 2.36. The molecule has 27 heavy (non-hydrogen) atoms. The van der Waals surface area contributed by atoms with Crippen LogP contribution in [0.4, 0.5) is 11.4 Å². The summed E-state index contributed by atoms with van der Waals surface area (Å²) < 4.78 is 1.51. The third-order valence-electron chi connectivity index (χ3n) is 5.07. The lowest BCUT2D eigenvalue weighted by molar-refractivity contribution is 0.0986. The fraction of sp³-hybridized carbons (Fsp3) is 0.263. The van der Waals surface area contributed by atoms with Gasteiger partial charge in [-0.25, -0.2) is 0 Å². The maximum Gasteiger partial charge on any atom is 0.260 e. The molecule has 1 aliphatic carbocycles. The molecule has 0 N–H and O–H groups in total. The number of para-hydroxylation sites is 1. The van der Waals surface area contributed by atoms with E-state index < -0.39 is 0 Å². The highest BCUT2D eigenvalue weighted by atomic mass is 35.5. The second-order valence-corrected chi connectivity index (χ2v) is 7.22. The Morgan fingerprint density at radius 2 is 1.89 bits per heavy atom. The summed E-state index contributed by atoms with van der Waals surface area (Å²) in [4.78, 5) is 17.7. The quantitative estimate of drug-likeness (QED) is 0.698. The number of benzene rings is 2. The number of carbonyl (C=O) groups excluding carboxylic acids is 1. The SMILES string of the molecule is O=C(c1ccccc1-n1cnnn1)N1CCN(C2CC2)c2ccc(Cl)cc21. The summed E-state index contributed by atoms with van der Waals surface area (Å²) in [5.41, 5.74) is 3.13. The predicted octanol–water partition coefficient (Wildman–Crippen LogP) is 2.94. The van der Waals surface area contributed by atoms with Crippen LogP contribution in [0.5, 0.6) is 0 Å². The van der Waals surface area contributed by atoms with Gasteiger partial charge >= 0.3 is 0 Å². The number of rotatable bonds is 3. The van der Waals surface area contributed by atoms with Crippen molar-refractivity contribution < 1.29 is 4.79 Å². The molecular weight excluding hydrogens is 364 g/mol. The molecule has 5 rings (SSSR count). The number of anilines is 2. The number of halogens is 1. The first-order valence-corrected chi connectivity index (χ1v) is 9.30. The number of amides is 1. The number of fused-ring (bicyclic) bond motifs is 1. The molecule has 2 heterocycles. The Balaban J connectivity index is 1.57. The first-order valence-electron chi connectivity index (χ1n) is 8.93. The summed E-state index contributed by atoms with van der Waals surface area (Å²) in [5, 5.41) is 11.9. The molecule has 0 unspecified atom stereocenters. The summed E-state index contributed by atoms with van der Waals surface area (Å²) in [5.74, 6) is -0.0833. The average Bonchev–Trinajstić information content (AvgIpc) is 3.39. The van der Waals surface area contributed by atoms with Crippen LogP contribution in [-0.4, -0.2) is 45.2 Å². The molecule has 8 heteroatoms. The van der Waals surface area contributed by atoms with Crippen molar-refractivity contribution in [3.8, 4) is 5.69 Å². The van der Waals surface area contributed by atoms with E-state index in [1.165, 1.54) is 23.9 Å². The summed E-state index contributed by atoms with van der Waals surface area (Å²) in [6.45, 7) is 1.44.